The number of nitrogens with two attached hydrogens (primary N) is 1. The molecule has 2 atom stereocenters. The molecule has 0 radical (unpaired) electrons. The lowest BCUT2D eigenvalue weighted by Crippen LogP contribution is -2.50. The Hall–Kier alpha value is -4.06. The number of nitrogens with one attached hydrogen (secondary N) is 1. The van der Waals surface area contributed by atoms with Gasteiger partial charge in [-0.1, -0.05) is 30.3 Å². The second-order valence-electron chi connectivity index (χ2n) is 8.98. The Morgan fingerprint density at radius 1 is 1.08 bits per heavy atom. The van der Waals surface area contributed by atoms with Gasteiger partial charge < -0.3 is 20.5 Å². The maximum atomic E-state index is 15.8. The molecule has 7 nitrogen and oxygen atoms in total. The number of benzene rings is 2. The van der Waals surface area contributed by atoms with E-state index < -0.39 is 41.8 Å². The van der Waals surface area contributed by atoms with Gasteiger partial charge in [-0.05, 0) is 35.9 Å². The summed E-state index contributed by atoms with van der Waals surface area (Å²) in [7, 11) is 0. The van der Waals surface area contributed by atoms with Gasteiger partial charge in [0.25, 0.3) is 11.8 Å². The van der Waals surface area contributed by atoms with Crippen LogP contribution in [0.4, 0.5) is 27.6 Å². The molecule has 2 aromatic carbocycles. The fourth-order valence-corrected chi connectivity index (χ4v) is 4.57. The molecule has 0 bridgehead atoms. The number of pyridine rings is 1. The second-order valence-corrected chi connectivity index (χ2v) is 8.98. The SMILES string of the molecule is NC1=N[C@@]2(CC(c3ccccc3)Oc3ccc(NC(=O)c4ccc(C(F)(F)F)cn4)cc32)C(F)(F)COC1. The number of amides is 1. The van der Waals surface area contributed by atoms with Crippen LogP contribution < -0.4 is 15.8 Å². The molecule has 0 saturated heterocycles. The molecule has 1 unspecified atom stereocenters. The van der Waals surface area contributed by atoms with Crippen molar-refractivity contribution in [2.45, 2.75) is 30.2 Å². The van der Waals surface area contributed by atoms with Gasteiger partial charge in [0.15, 0.2) is 5.54 Å². The molecule has 0 fully saturated rings. The van der Waals surface area contributed by atoms with Crippen LogP contribution in [-0.2, 0) is 16.5 Å². The zero-order valence-electron chi connectivity index (χ0n) is 19.6. The van der Waals surface area contributed by atoms with Gasteiger partial charge in [-0.15, -0.1) is 0 Å². The number of carbonyl (C=O) groups excluding carboxylic acids is 1. The number of hydrogen-bond donors (Lipinski definition) is 2. The number of rotatable bonds is 3. The Bertz CT molecular complexity index is 1380. The molecule has 198 valence electrons. The van der Waals surface area contributed by atoms with Crippen LogP contribution in [0.15, 0.2) is 71.9 Å². The third-order valence-corrected chi connectivity index (χ3v) is 6.40. The lowest BCUT2D eigenvalue weighted by atomic mass is 9.76. The van der Waals surface area contributed by atoms with Crippen molar-refractivity contribution in [1.82, 2.24) is 4.98 Å². The van der Waals surface area contributed by atoms with Crippen molar-refractivity contribution in [3.8, 4) is 5.75 Å². The van der Waals surface area contributed by atoms with Gasteiger partial charge in [0.1, 0.15) is 36.6 Å². The van der Waals surface area contributed by atoms with Gasteiger partial charge in [-0.2, -0.15) is 13.2 Å². The summed E-state index contributed by atoms with van der Waals surface area (Å²) in [5, 5.41) is 2.49. The van der Waals surface area contributed by atoms with Crippen LogP contribution in [0.5, 0.6) is 5.75 Å². The minimum atomic E-state index is -4.61. The first kappa shape index (κ1) is 25.6. The van der Waals surface area contributed by atoms with Crippen LogP contribution in [-0.4, -0.2) is 35.9 Å². The fraction of sp³-hybridized carbons (Fsp3) is 0.269. The number of hydrogen-bond acceptors (Lipinski definition) is 6. The summed E-state index contributed by atoms with van der Waals surface area (Å²) in [5.74, 6) is -4.33. The molecule has 12 heteroatoms. The van der Waals surface area contributed by atoms with Gasteiger partial charge in [0.2, 0.25) is 0 Å². The summed E-state index contributed by atoms with van der Waals surface area (Å²) in [6.45, 7) is -1.22. The Kier molecular flexibility index (Phi) is 6.30. The molecule has 5 rings (SSSR count). The predicted molar refractivity (Wildman–Crippen MR) is 127 cm³/mol. The number of carbonyl (C=O) groups is 1. The molecule has 3 heterocycles. The maximum Gasteiger partial charge on any atom is 0.417 e. The molecule has 1 amide bonds. The third-order valence-electron chi connectivity index (χ3n) is 6.40. The van der Waals surface area contributed by atoms with Crippen LogP contribution >= 0.6 is 0 Å². The second kappa shape index (κ2) is 9.35. The fourth-order valence-electron chi connectivity index (χ4n) is 4.57. The van der Waals surface area contributed by atoms with Crippen molar-refractivity contribution < 1.29 is 36.2 Å². The highest BCUT2D eigenvalue weighted by Gasteiger charge is 2.60. The van der Waals surface area contributed by atoms with Crippen LogP contribution in [0.2, 0.25) is 0 Å². The van der Waals surface area contributed by atoms with Crippen LogP contribution in [0.25, 0.3) is 0 Å². The monoisotopic (exact) mass is 532 g/mol. The first-order chi connectivity index (χ1) is 18.0. The van der Waals surface area contributed by atoms with Crippen molar-refractivity contribution >= 4 is 17.4 Å². The molecular weight excluding hydrogens is 511 g/mol. The molecule has 0 aliphatic carbocycles. The van der Waals surface area contributed by atoms with Crippen LogP contribution in [0.1, 0.15) is 39.7 Å². The Labute approximate surface area is 213 Å². The molecule has 1 aromatic heterocycles. The van der Waals surface area contributed by atoms with Gasteiger partial charge in [-0.3, -0.25) is 14.8 Å². The number of fused-ring (bicyclic) bond motifs is 2. The molecule has 38 heavy (non-hydrogen) atoms. The van der Waals surface area contributed by atoms with E-state index in [1.165, 1.54) is 18.2 Å². The normalized spacial score (nSPS) is 22.6. The Morgan fingerprint density at radius 3 is 2.53 bits per heavy atom. The van der Waals surface area contributed by atoms with E-state index in [0.29, 0.717) is 11.8 Å². The average molecular weight is 532 g/mol. The quantitative estimate of drug-likeness (QED) is 0.458. The smallest absolute Gasteiger partial charge is 0.417 e. The molecule has 2 aliphatic heterocycles. The maximum absolute atomic E-state index is 15.8. The number of aliphatic imine (C=N–C) groups is 1. The highest BCUT2D eigenvalue weighted by molar-refractivity contribution is 6.03. The summed E-state index contributed by atoms with van der Waals surface area (Å²) in [6, 6.07) is 14.6. The topological polar surface area (TPSA) is 98.8 Å². The molecule has 3 N–H and O–H groups in total. The van der Waals surface area contributed by atoms with E-state index in [0.717, 1.165) is 12.1 Å². The number of aromatic nitrogens is 1. The predicted octanol–water partition coefficient (Wildman–Crippen LogP) is 5.09. The van der Waals surface area contributed by atoms with E-state index in [4.69, 9.17) is 15.2 Å². The first-order valence-electron chi connectivity index (χ1n) is 11.5. The van der Waals surface area contributed by atoms with Crippen molar-refractivity contribution in [2.75, 3.05) is 18.5 Å². The third kappa shape index (κ3) is 4.67. The van der Waals surface area contributed by atoms with Gasteiger partial charge in [0, 0.05) is 23.9 Å². The first-order valence-corrected chi connectivity index (χ1v) is 11.5. The number of alkyl halides is 5. The highest BCUT2D eigenvalue weighted by Crippen LogP contribution is 2.55. The zero-order chi connectivity index (χ0) is 27.1. The van der Waals surface area contributed by atoms with E-state index in [-0.39, 0.29) is 41.6 Å². The van der Waals surface area contributed by atoms with Crippen molar-refractivity contribution in [1.29, 1.82) is 0 Å². The largest absolute Gasteiger partial charge is 0.485 e. The summed E-state index contributed by atoms with van der Waals surface area (Å²) >= 11 is 0. The minimum Gasteiger partial charge on any atom is -0.485 e. The molecule has 3 aromatic rings. The van der Waals surface area contributed by atoms with Gasteiger partial charge >= 0.3 is 6.18 Å². The molecule has 2 aliphatic rings. The average Bonchev–Trinajstić information content (AvgIpc) is 2.99. The zero-order valence-corrected chi connectivity index (χ0v) is 19.6. The number of halogens is 5. The molecule has 1 spiro atoms. The summed E-state index contributed by atoms with van der Waals surface area (Å²) in [6.07, 6.45) is -5.11. The van der Waals surface area contributed by atoms with E-state index in [2.05, 4.69) is 15.3 Å². The Balaban J connectivity index is 1.54. The summed E-state index contributed by atoms with van der Waals surface area (Å²) in [5.41, 5.74) is 3.20. The summed E-state index contributed by atoms with van der Waals surface area (Å²) < 4.78 is 81.2. The lowest BCUT2D eigenvalue weighted by Gasteiger charge is -2.43. The van der Waals surface area contributed by atoms with Crippen molar-refractivity contribution in [2.24, 2.45) is 10.7 Å². The van der Waals surface area contributed by atoms with Gasteiger partial charge in [0.05, 0.1) is 5.56 Å². The van der Waals surface area contributed by atoms with E-state index >= 15 is 8.78 Å². The standard InChI is InChI=1S/C26H21F5N4O3/c27-25(28)14-37-13-22(32)35-24(25)11-21(15-4-2-1-3-5-15)38-20-9-7-17(10-18(20)24)34-23(36)19-8-6-16(12-33-19)26(29,30)31/h1-10,12,21H,11,13-14H2,(H2,32,35)(H,34,36)/t21?,24-/m1/s1. The number of amidine groups is 1. The van der Waals surface area contributed by atoms with Crippen LogP contribution in [0.3, 0.4) is 0 Å². The number of nitrogens with zero attached hydrogens (tertiary/aromatic N) is 2. The van der Waals surface area contributed by atoms with E-state index in [9.17, 15) is 18.0 Å². The van der Waals surface area contributed by atoms with Crippen LogP contribution in [0, 0.1) is 0 Å². The molecule has 0 saturated carbocycles. The van der Waals surface area contributed by atoms with E-state index in [1.807, 2.05) is 0 Å². The number of ether oxygens (including phenoxy) is 2. The Morgan fingerprint density at radius 2 is 1.84 bits per heavy atom. The highest BCUT2D eigenvalue weighted by atomic mass is 19.4. The van der Waals surface area contributed by atoms with E-state index in [1.54, 1.807) is 30.3 Å². The van der Waals surface area contributed by atoms with Crippen molar-refractivity contribution in [3.63, 3.8) is 0 Å². The van der Waals surface area contributed by atoms with Gasteiger partial charge in [-0.25, -0.2) is 8.78 Å². The number of anilines is 1. The van der Waals surface area contributed by atoms with Crippen molar-refractivity contribution in [3.05, 3.63) is 89.2 Å². The lowest BCUT2D eigenvalue weighted by molar-refractivity contribution is -0.137. The minimum absolute atomic E-state index is 0.0127. The summed E-state index contributed by atoms with van der Waals surface area (Å²) in [4.78, 5) is 20.5. The molecular formula is C26H21F5N4O3.